The fourth-order valence-electron chi connectivity index (χ4n) is 3.28. The number of benzene rings is 1. The van der Waals surface area contributed by atoms with E-state index in [1.165, 1.54) is 44.1 Å². The maximum Gasteiger partial charge on any atom is 0.246 e. The van der Waals surface area contributed by atoms with Gasteiger partial charge in [0, 0.05) is 0 Å². The van der Waals surface area contributed by atoms with Crippen LogP contribution in [0.1, 0.15) is 63.0 Å². The number of unbranched alkanes of at least 4 members (excludes halogenated alkanes) is 5. The van der Waals surface area contributed by atoms with Crippen molar-refractivity contribution in [2.45, 2.75) is 70.3 Å². The number of nitrogens with one attached hydrogen (secondary N) is 1. The molecule has 166 valence electrons. The highest BCUT2D eigenvalue weighted by molar-refractivity contribution is 5.78. The van der Waals surface area contributed by atoms with Crippen molar-refractivity contribution >= 4 is 5.91 Å². The van der Waals surface area contributed by atoms with E-state index in [4.69, 9.17) is 9.84 Å². The normalized spacial score (nSPS) is 11.6. The van der Waals surface area contributed by atoms with Crippen LogP contribution < -0.4 is 5.32 Å². The molecule has 0 spiro atoms. The largest absolute Gasteiger partial charge is 0.394 e. The van der Waals surface area contributed by atoms with Gasteiger partial charge in [-0.05, 0) is 36.8 Å². The Morgan fingerprint density at radius 3 is 2.10 bits per heavy atom. The molecule has 1 aromatic carbocycles. The number of aliphatic hydroxyl groups is 3. The van der Waals surface area contributed by atoms with E-state index in [1.54, 1.807) is 0 Å². The van der Waals surface area contributed by atoms with Gasteiger partial charge in [0.1, 0.15) is 6.61 Å². The van der Waals surface area contributed by atoms with Crippen LogP contribution in [0.4, 0.5) is 0 Å². The van der Waals surface area contributed by atoms with Crippen molar-refractivity contribution in [3.8, 4) is 0 Å². The van der Waals surface area contributed by atoms with E-state index in [1.807, 2.05) is 0 Å². The van der Waals surface area contributed by atoms with Crippen molar-refractivity contribution in [2.24, 2.45) is 0 Å². The van der Waals surface area contributed by atoms with Gasteiger partial charge in [-0.3, -0.25) is 4.79 Å². The molecular weight excluding hydrogens is 370 g/mol. The lowest BCUT2D eigenvalue weighted by molar-refractivity contribution is -0.129. The van der Waals surface area contributed by atoms with Crippen molar-refractivity contribution in [3.05, 3.63) is 35.4 Å². The summed E-state index contributed by atoms with van der Waals surface area (Å²) >= 11 is 0. The number of aliphatic hydroxyl groups excluding tert-OH is 3. The summed E-state index contributed by atoms with van der Waals surface area (Å²) in [4.78, 5) is 12.0. The Labute approximate surface area is 175 Å². The molecule has 0 saturated carbocycles. The van der Waals surface area contributed by atoms with Crippen molar-refractivity contribution in [1.82, 2.24) is 5.32 Å². The maximum absolute atomic E-state index is 12.0. The van der Waals surface area contributed by atoms with Crippen LogP contribution in [0.2, 0.25) is 0 Å². The number of aryl methyl sites for hydroxylation is 2. The molecule has 1 amide bonds. The number of carbonyl (C=O) groups is 1. The smallest absolute Gasteiger partial charge is 0.246 e. The average molecular weight is 410 g/mol. The fraction of sp³-hybridized carbons (Fsp3) is 0.696. The molecule has 1 rings (SSSR count). The summed E-state index contributed by atoms with van der Waals surface area (Å²) in [5.41, 5.74) is 1.35. The SMILES string of the molecule is CCCCCCCCc1ccc(CCC(CO)(CO)NC(=O)COCCO)cc1. The van der Waals surface area contributed by atoms with E-state index in [9.17, 15) is 15.0 Å². The molecule has 0 heterocycles. The Balaban J connectivity index is 2.44. The molecular formula is C23H39NO5. The van der Waals surface area contributed by atoms with Gasteiger partial charge in [0.15, 0.2) is 0 Å². The molecule has 0 atom stereocenters. The molecule has 0 saturated heterocycles. The summed E-state index contributed by atoms with van der Waals surface area (Å²) in [5, 5.41) is 30.8. The summed E-state index contributed by atoms with van der Waals surface area (Å²) in [7, 11) is 0. The van der Waals surface area contributed by atoms with E-state index in [0.29, 0.717) is 12.8 Å². The lowest BCUT2D eigenvalue weighted by Crippen LogP contribution is -2.55. The van der Waals surface area contributed by atoms with Gasteiger partial charge in [0.05, 0.1) is 32.0 Å². The van der Waals surface area contributed by atoms with Crippen LogP contribution in [0.25, 0.3) is 0 Å². The molecule has 0 bridgehead atoms. The minimum Gasteiger partial charge on any atom is -0.394 e. The predicted molar refractivity (Wildman–Crippen MR) is 115 cm³/mol. The summed E-state index contributed by atoms with van der Waals surface area (Å²) in [6.07, 6.45) is 9.88. The standard InChI is InChI=1S/C23H39NO5/c1-2-3-4-5-6-7-8-20-9-11-21(12-10-20)13-14-23(18-26,19-27)24-22(28)17-29-16-15-25/h9-12,25-27H,2-8,13-19H2,1H3,(H,24,28). The Kier molecular flexibility index (Phi) is 13.6. The fourth-order valence-corrected chi connectivity index (χ4v) is 3.28. The molecule has 0 radical (unpaired) electrons. The Bertz CT molecular complexity index is 543. The molecule has 0 aromatic heterocycles. The molecule has 29 heavy (non-hydrogen) atoms. The van der Waals surface area contributed by atoms with Gasteiger partial charge in [-0.2, -0.15) is 0 Å². The highest BCUT2D eigenvalue weighted by Crippen LogP contribution is 2.16. The van der Waals surface area contributed by atoms with Crippen LogP contribution in [0.15, 0.2) is 24.3 Å². The minimum atomic E-state index is -1.09. The topological polar surface area (TPSA) is 99.0 Å². The first-order chi connectivity index (χ1) is 14.1. The van der Waals surface area contributed by atoms with Gasteiger partial charge >= 0.3 is 0 Å². The Morgan fingerprint density at radius 1 is 0.931 bits per heavy atom. The highest BCUT2D eigenvalue weighted by atomic mass is 16.5. The third-order valence-corrected chi connectivity index (χ3v) is 5.21. The molecule has 0 aliphatic carbocycles. The lowest BCUT2D eigenvalue weighted by atomic mass is 9.92. The number of amides is 1. The Morgan fingerprint density at radius 2 is 1.52 bits per heavy atom. The van der Waals surface area contributed by atoms with Crippen LogP contribution in [-0.4, -0.2) is 59.8 Å². The van der Waals surface area contributed by atoms with E-state index in [0.717, 1.165) is 12.0 Å². The first kappa shape index (κ1) is 25.6. The van der Waals surface area contributed by atoms with Crippen LogP contribution in [-0.2, 0) is 22.4 Å². The van der Waals surface area contributed by atoms with E-state index in [-0.39, 0.29) is 33.0 Å². The first-order valence-electron chi connectivity index (χ1n) is 10.9. The van der Waals surface area contributed by atoms with E-state index < -0.39 is 11.4 Å². The first-order valence-corrected chi connectivity index (χ1v) is 10.9. The summed E-state index contributed by atoms with van der Waals surface area (Å²) < 4.78 is 4.99. The van der Waals surface area contributed by atoms with Gasteiger partial charge in [-0.15, -0.1) is 0 Å². The zero-order chi connectivity index (χ0) is 21.4. The third-order valence-electron chi connectivity index (χ3n) is 5.21. The van der Waals surface area contributed by atoms with E-state index in [2.05, 4.69) is 36.5 Å². The second-order valence-corrected chi connectivity index (χ2v) is 7.76. The number of rotatable bonds is 17. The number of hydrogen-bond donors (Lipinski definition) is 4. The van der Waals surface area contributed by atoms with Gasteiger partial charge in [0.25, 0.3) is 0 Å². The van der Waals surface area contributed by atoms with E-state index >= 15 is 0 Å². The third kappa shape index (κ3) is 10.8. The second-order valence-electron chi connectivity index (χ2n) is 7.76. The average Bonchev–Trinajstić information content (AvgIpc) is 2.74. The molecule has 1 aromatic rings. The second kappa shape index (κ2) is 15.4. The molecule has 6 nitrogen and oxygen atoms in total. The zero-order valence-corrected chi connectivity index (χ0v) is 17.9. The van der Waals surface area contributed by atoms with Crippen LogP contribution in [0.5, 0.6) is 0 Å². The van der Waals surface area contributed by atoms with Crippen molar-refractivity contribution < 1.29 is 24.9 Å². The van der Waals surface area contributed by atoms with Gasteiger partial charge in [-0.1, -0.05) is 63.3 Å². The van der Waals surface area contributed by atoms with Crippen LogP contribution in [0, 0.1) is 0 Å². The molecule has 0 unspecified atom stereocenters. The van der Waals surface area contributed by atoms with Crippen molar-refractivity contribution in [2.75, 3.05) is 33.0 Å². The van der Waals surface area contributed by atoms with Crippen molar-refractivity contribution in [1.29, 1.82) is 0 Å². The Hall–Kier alpha value is -1.47. The predicted octanol–water partition coefficient (Wildman–Crippen LogP) is 2.37. The van der Waals surface area contributed by atoms with Gasteiger partial charge in [0.2, 0.25) is 5.91 Å². The minimum absolute atomic E-state index is 0.0732. The summed E-state index contributed by atoms with van der Waals surface area (Å²) in [5.74, 6) is -0.421. The monoisotopic (exact) mass is 409 g/mol. The van der Waals surface area contributed by atoms with Crippen molar-refractivity contribution in [3.63, 3.8) is 0 Å². The van der Waals surface area contributed by atoms with Crippen LogP contribution >= 0.6 is 0 Å². The lowest BCUT2D eigenvalue weighted by Gasteiger charge is -2.31. The molecule has 0 aliphatic rings. The molecule has 4 N–H and O–H groups in total. The quantitative estimate of drug-likeness (QED) is 0.296. The zero-order valence-electron chi connectivity index (χ0n) is 17.9. The number of hydrogen-bond acceptors (Lipinski definition) is 5. The highest BCUT2D eigenvalue weighted by Gasteiger charge is 2.30. The number of carbonyl (C=O) groups excluding carboxylic acids is 1. The molecule has 0 aliphatic heterocycles. The van der Waals surface area contributed by atoms with Gasteiger partial charge in [-0.25, -0.2) is 0 Å². The van der Waals surface area contributed by atoms with Gasteiger partial charge < -0.3 is 25.4 Å². The molecule has 6 heteroatoms. The maximum atomic E-state index is 12.0. The molecule has 0 fully saturated rings. The van der Waals surface area contributed by atoms with Crippen LogP contribution in [0.3, 0.4) is 0 Å². The summed E-state index contributed by atoms with van der Waals surface area (Å²) in [6.45, 7) is 1.22. The summed E-state index contributed by atoms with van der Waals surface area (Å²) in [6, 6.07) is 8.45. The number of ether oxygens (including phenoxy) is 1.